The normalized spacial score (nSPS) is 6.00. The van der Waals surface area contributed by atoms with Crippen LogP contribution >= 0.6 is 0 Å². The van der Waals surface area contributed by atoms with Crippen molar-refractivity contribution in [2.75, 3.05) is 0 Å². The predicted molar refractivity (Wildman–Crippen MR) is 47.9 cm³/mol. The third-order valence-corrected chi connectivity index (χ3v) is 0.707. The van der Waals surface area contributed by atoms with Crippen LogP contribution < -0.4 is 0 Å². The van der Waals surface area contributed by atoms with Crippen LogP contribution in [0.4, 0.5) is 0 Å². The molecule has 0 aliphatic heterocycles. The molecule has 2 heteroatoms. The quantitative estimate of drug-likeness (QED) is 0.545. The molecule has 0 fully saturated rings. The van der Waals surface area contributed by atoms with Gasteiger partial charge in [0.2, 0.25) is 0 Å². The Bertz CT molecular complexity index is 13.6. The zero-order valence-electron chi connectivity index (χ0n) is 4.12. The first kappa shape index (κ1) is 15.7. The topological polar surface area (TPSA) is 0 Å². The maximum atomic E-state index is 2.21. The molecule has 0 heterocycles. The molecule has 0 amide bonds. The fourth-order valence-corrected chi connectivity index (χ4v) is 0.354. The van der Waals surface area contributed by atoms with Gasteiger partial charge in [0.1, 0.15) is 0 Å². The third kappa shape index (κ3) is 19.2. The van der Waals surface area contributed by atoms with Crippen LogP contribution in [-0.2, 0) is 0 Å². The van der Waals surface area contributed by atoms with E-state index in [0.29, 0.717) is 0 Å². The third-order valence-electron chi connectivity index (χ3n) is 0.707. The average Bonchev–Trinajstić information content (AvgIpc) is 1.41. The molecule has 0 atom stereocenters. The number of rotatable bonds is 2. The molecule has 0 nitrogen and oxygen atoms in total. The summed E-state index contributed by atoms with van der Waals surface area (Å²) in [5.74, 6) is 0. The Morgan fingerprint density at radius 1 is 0.857 bits per heavy atom. The van der Waals surface area contributed by atoms with E-state index in [1.807, 2.05) is 0 Å². The molecule has 0 aromatic carbocycles. The molecule has 0 aliphatic rings. The van der Waals surface area contributed by atoms with Crippen LogP contribution in [0.3, 0.4) is 0 Å². The minimum atomic E-state index is 0. The summed E-state index contributed by atoms with van der Waals surface area (Å²) in [6, 6.07) is 0. The van der Waals surface area contributed by atoms with Gasteiger partial charge >= 0.3 is 35.2 Å². The number of unbranched alkanes of at least 4 members (excludes halogenated alkanes) is 2. The van der Waals surface area contributed by atoms with Crippen molar-refractivity contribution in [3.05, 3.63) is 0 Å². The fourth-order valence-electron chi connectivity index (χ4n) is 0.354. The van der Waals surface area contributed by atoms with Crippen molar-refractivity contribution in [2.45, 2.75) is 33.1 Å². The van der Waals surface area contributed by atoms with Crippen molar-refractivity contribution >= 4 is 35.2 Å². The Labute approximate surface area is 68.4 Å². The number of hydrogen-bond donors (Lipinski definition) is 0. The van der Waals surface area contributed by atoms with E-state index < -0.39 is 0 Å². The fraction of sp³-hybridized carbons (Fsp3) is 1.00. The summed E-state index contributed by atoms with van der Waals surface area (Å²) >= 11 is 0. The summed E-state index contributed by atoms with van der Waals surface area (Å²) < 4.78 is 0. The first-order valence-corrected chi connectivity index (χ1v) is 2.41. The van der Waals surface area contributed by atoms with Gasteiger partial charge in [0.05, 0.1) is 0 Å². The van der Waals surface area contributed by atoms with Crippen LogP contribution in [0, 0.1) is 0 Å². The molecule has 0 aliphatic carbocycles. The van der Waals surface area contributed by atoms with Crippen molar-refractivity contribution in [3.8, 4) is 0 Å². The molecule has 0 N–H and O–H groups in total. The van der Waals surface area contributed by atoms with Gasteiger partial charge in [0.25, 0.3) is 0 Å². The van der Waals surface area contributed by atoms with E-state index in [9.17, 15) is 0 Å². The Hall–Kier alpha value is 1.09. The van der Waals surface area contributed by atoms with Crippen molar-refractivity contribution in [3.63, 3.8) is 0 Å². The van der Waals surface area contributed by atoms with E-state index in [1.165, 1.54) is 19.3 Å². The van der Waals surface area contributed by atoms with E-state index in [2.05, 4.69) is 13.8 Å². The molecule has 0 aromatic rings. The monoisotopic (exact) mass is 228 g/mol. The van der Waals surface area contributed by atoms with Crippen molar-refractivity contribution in [1.82, 2.24) is 0 Å². The molecule has 0 unspecified atom stereocenters. The van der Waals surface area contributed by atoms with Crippen LogP contribution in [0.2, 0.25) is 0 Å². The summed E-state index contributed by atoms with van der Waals surface area (Å²) in [7, 11) is 0. The second-order valence-corrected chi connectivity index (χ2v) is 1.35. The maximum absolute atomic E-state index is 2.21. The molecule has 0 spiro atoms. The number of hydrogen-bond acceptors (Lipinski definition) is 0. The molecular formula is C5H20Ge2. The van der Waals surface area contributed by atoms with Gasteiger partial charge in [0, 0.05) is 0 Å². The molecular weight excluding hydrogens is 205 g/mol. The molecule has 0 aromatic heterocycles. The van der Waals surface area contributed by atoms with Gasteiger partial charge in [0.15, 0.2) is 0 Å². The molecule has 0 rings (SSSR count). The summed E-state index contributed by atoms with van der Waals surface area (Å²) in [4.78, 5) is 0. The molecule has 48 valence electrons. The zero-order chi connectivity index (χ0) is 4.12. The summed E-state index contributed by atoms with van der Waals surface area (Å²) in [5.41, 5.74) is 0. The Kier molecular flexibility index (Phi) is 35.2. The first-order chi connectivity index (χ1) is 2.41. The van der Waals surface area contributed by atoms with E-state index in [4.69, 9.17) is 0 Å². The molecule has 0 saturated heterocycles. The second kappa shape index (κ2) is 15.7. The molecule has 0 saturated carbocycles. The molecule has 0 bridgehead atoms. The van der Waals surface area contributed by atoms with Gasteiger partial charge in [-0.3, -0.25) is 0 Å². The second-order valence-electron chi connectivity index (χ2n) is 1.35. The SMILES string of the molecule is CCCCC.[GeH4].[GeH4]. The van der Waals surface area contributed by atoms with Gasteiger partial charge in [-0.1, -0.05) is 33.1 Å². The van der Waals surface area contributed by atoms with Gasteiger partial charge < -0.3 is 0 Å². The summed E-state index contributed by atoms with van der Waals surface area (Å²) in [6.45, 7) is 4.42. The van der Waals surface area contributed by atoms with E-state index in [-0.39, 0.29) is 35.2 Å². The van der Waals surface area contributed by atoms with E-state index in [1.54, 1.807) is 0 Å². The minimum absolute atomic E-state index is 0. The average molecular weight is 225 g/mol. The van der Waals surface area contributed by atoms with E-state index >= 15 is 0 Å². The Balaban J connectivity index is -0.0000000800. The van der Waals surface area contributed by atoms with Gasteiger partial charge in [-0.15, -0.1) is 0 Å². The molecule has 7 heavy (non-hydrogen) atoms. The standard InChI is InChI=1S/C5H12.2GeH4/c1-3-5-4-2;;/h3-5H2,1-2H3;2*1H4. The summed E-state index contributed by atoms with van der Waals surface area (Å²) in [6.07, 6.45) is 4.08. The zero-order valence-corrected chi connectivity index (χ0v) is 4.12. The van der Waals surface area contributed by atoms with Crippen LogP contribution in [0.15, 0.2) is 0 Å². The van der Waals surface area contributed by atoms with Crippen molar-refractivity contribution in [1.29, 1.82) is 0 Å². The Morgan fingerprint density at radius 3 is 1.14 bits per heavy atom. The van der Waals surface area contributed by atoms with Gasteiger partial charge in [-0.05, 0) is 0 Å². The Morgan fingerprint density at radius 2 is 1.14 bits per heavy atom. The van der Waals surface area contributed by atoms with Gasteiger partial charge in [-0.25, -0.2) is 0 Å². The van der Waals surface area contributed by atoms with Crippen molar-refractivity contribution in [2.24, 2.45) is 0 Å². The summed E-state index contributed by atoms with van der Waals surface area (Å²) in [5, 5.41) is 0. The van der Waals surface area contributed by atoms with Crippen LogP contribution in [-0.4, -0.2) is 35.2 Å². The van der Waals surface area contributed by atoms with Crippen molar-refractivity contribution < 1.29 is 0 Å². The van der Waals surface area contributed by atoms with E-state index in [0.717, 1.165) is 0 Å². The van der Waals surface area contributed by atoms with Crippen LogP contribution in [0.5, 0.6) is 0 Å². The first-order valence-electron chi connectivity index (χ1n) is 2.41. The van der Waals surface area contributed by atoms with Gasteiger partial charge in [-0.2, -0.15) is 0 Å². The predicted octanol–water partition coefficient (Wildman–Crippen LogP) is -0.707. The van der Waals surface area contributed by atoms with Crippen LogP contribution in [0.1, 0.15) is 33.1 Å². The van der Waals surface area contributed by atoms with Crippen LogP contribution in [0.25, 0.3) is 0 Å². The molecule has 0 radical (unpaired) electrons.